The van der Waals surface area contributed by atoms with Gasteiger partial charge in [-0.2, -0.15) is 5.10 Å². The molecule has 0 N–H and O–H groups in total. The maximum Gasteiger partial charge on any atom is 0.257 e. The molecule has 0 aliphatic carbocycles. The molecule has 3 aromatic rings. The molecule has 0 spiro atoms. The smallest absolute Gasteiger partial charge is 0.257 e. The maximum atomic E-state index is 12.5. The second-order valence-corrected chi connectivity index (χ2v) is 6.54. The minimum atomic E-state index is 0.0910. The van der Waals surface area contributed by atoms with Gasteiger partial charge in [0.05, 0.1) is 17.3 Å². The zero-order valence-corrected chi connectivity index (χ0v) is 13.7. The molecule has 5 heteroatoms. The van der Waals surface area contributed by atoms with E-state index in [0.717, 1.165) is 31.4 Å². The largest absolute Gasteiger partial charge is 0.338 e. The number of aromatic nitrogens is 3. The molecule has 1 aliphatic heterocycles. The lowest BCUT2D eigenvalue weighted by Crippen LogP contribution is -2.28. The predicted octanol–water partition coefficient (Wildman–Crippen LogP) is 2.67. The molecule has 0 bridgehead atoms. The molecule has 0 radical (unpaired) electrons. The van der Waals surface area contributed by atoms with Crippen molar-refractivity contribution in [3.8, 4) is 0 Å². The number of fused-ring (bicyclic) bond motifs is 1. The van der Waals surface area contributed by atoms with Crippen LogP contribution in [0.1, 0.15) is 22.3 Å². The van der Waals surface area contributed by atoms with Gasteiger partial charge in [-0.05, 0) is 42.5 Å². The first-order valence-corrected chi connectivity index (χ1v) is 8.30. The standard InChI is InChI=1S/C19H20N4O/c1-22-13-17(11-21-22)19(24)23-8-6-15(12-23)9-14-4-5-18-16(10-14)3-2-7-20-18/h2-5,7,10-11,13,15H,6,8-9,12H2,1H3. The Morgan fingerprint density at radius 2 is 2.25 bits per heavy atom. The van der Waals surface area contributed by atoms with Crippen molar-refractivity contribution in [2.45, 2.75) is 12.8 Å². The van der Waals surface area contributed by atoms with Crippen LogP contribution in [0.15, 0.2) is 48.9 Å². The number of pyridine rings is 1. The Morgan fingerprint density at radius 3 is 3.08 bits per heavy atom. The molecular formula is C19H20N4O. The van der Waals surface area contributed by atoms with Crippen LogP contribution in [-0.2, 0) is 13.5 Å². The van der Waals surface area contributed by atoms with Gasteiger partial charge in [-0.1, -0.05) is 12.1 Å². The highest BCUT2D eigenvalue weighted by atomic mass is 16.2. The summed E-state index contributed by atoms with van der Waals surface area (Å²) in [6.45, 7) is 1.65. The normalized spacial score (nSPS) is 17.5. The van der Waals surface area contributed by atoms with E-state index in [1.807, 2.05) is 24.2 Å². The molecule has 1 aliphatic rings. The molecule has 24 heavy (non-hydrogen) atoms. The van der Waals surface area contributed by atoms with Gasteiger partial charge >= 0.3 is 0 Å². The van der Waals surface area contributed by atoms with E-state index in [9.17, 15) is 4.79 Å². The molecular weight excluding hydrogens is 300 g/mol. The van der Waals surface area contributed by atoms with Gasteiger partial charge in [-0.3, -0.25) is 14.5 Å². The van der Waals surface area contributed by atoms with Crippen molar-refractivity contribution in [2.75, 3.05) is 13.1 Å². The first kappa shape index (κ1) is 14.9. The summed E-state index contributed by atoms with van der Waals surface area (Å²) in [5, 5.41) is 5.27. The van der Waals surface area contributed by atoms with Gasteiger partial charge in [-0.15, -0.1) is 0 Å². The minimum Gasteiger partial charge on any atom is -0.338 e. The monoisotopic (exact) mass is 320 g/mol. The van der Waals surface area contributed by atoms with Crippen LogP contribution in [0.3, 0.4) is 0 Å². The molecule has 3 heterocycles. The van der Waals surface area contributed by atoms with Crippen LogP contribution in [0.25, 0.3) is 10.9 Å². The fraction of sp³-hybridized carbons (Fsp3) is 0.316. The van der Waals surface area contributed by atoms with Crippen molar-refractivity contribution in [1.82, 2.24) is 19.7 Å². The first-order chi connectivity index (χ1) is 11.7. The van der Waals surface area contributed by atoms with Gasteiger partial charge in [0.1, 0.15) is 0 Å². The molecule has 4 rings (SSSR count). The summed E-state index contributed by atoms with van der Waals surface area (Å²) in [6.07, 6.45) is 7.30. The first-order valence-electron chi connectivity index (χ1n) is 8.30. The number of carbonyl (C=O) groups excluding carboxylic acids is 1. The summed E-state index contributed by atoms with van der Waals surface area (Å²) in [4.78, 5) is 18.8. The topological polar surface area (TPSA) is 51.0 Å². The van der Waals surface area contributed by atoms with Crippen LogP contribution in [0.5, 0.6) is 0 Å². The minimum absolute atomic E-state index is 0.0910. The number of rotatable bonds is 3. The highest BCUT2D eigenvalue weighted by Gasteiger charge is 2.27. The Bertz CT molecular complexity index is 886. The van der Waals surface area contributed by atoms with Crippen molar-refractivity contribution in [3.05, 3.63) is 60.0 Å². The lowest BCUT2D eigenvalue weighted by Gasteiger charge is -2.15. The number of amides is 1. The number of hydrogen-bond donors (Lipinski definition) is 0. The van der Waals surface area contributed by atoms with Crippen molar-refractivity contribution in [2.24, 2.45) is 13.0 Å². The summed E-state index contributed by atoms with van der Waals surface area (Å²) >= 11 is 0. The lowest BCUT2D eigenvalue weighted by molar-refractivity contribution is 0.0787. The number of nitrogens with zero attached hydrogens (tertiary/aromatic N) is 4. The Morgan fingerprint density at radius 1 is 1.33 bits per heavy atom. The molecule has 122 valence electrons. The third-order valence-corrected chi connectivity index (χ3v) is 4.72. The van der Waals surface area contributed by atoms with Crippen LogP contribution in [0.4, 0.5) is 0 Å². The molecule has 1 amide bonds. The highest BCUT2D eigenvalue weighted by Crippen LogP contribution is 2.24. The van der Waals surface area contributed by atoms with Gasteiger partial charge in [0, 0.05) is 37.9 Å². The van der Waals surface area contributed by atoms with Gasteiger partial charge in [0.25, 0.3) is 5.91 Å². The van der Waals surface area contributed by atoms with Crippen LogP contribution < -0.4 is 0 Å². The Labute approximate surface area is 140 Å². The van der Waals surface area contributed by atoms with E-state index in [0.29, 0.717) is 11.5 Å². The van der Waals surface area contributed by atoms with Crippen LogP contribution in [-0.4, -0.2) is 38.7 Å². The third-order valence-electron chi connectivity index (χ3n) is 4.72. The Balaban J connectivity index is 1.43. The molecule has 1 atom stereocenters. The number of carbonyl (C=O) groups is 1. The molecule has 1 saturated heterocycles. The van der Waals surface area contributed by atoms with E-state index in [-0.39, 0.29) is 5.91 Å². The molecule has 5 nitrogen and oxygen atoms in total. The van der Waals surface area contributed by atoms with E-state index in [1.54, 1.807) is 17.1 Å². The molecule has 1 unspecified atom stereocenters. The highest BCUT2D eigenvalue weighted by molar-refractivity contribution is 5.93. The van der Waals surface area contributed by atoms with Crippen molar-refractivity contribution < 1.29 is 4.79 Å². The molecule has 2 aromatic heterocycles. The van der Waals surface area contributed by atoms with E-state index < -0.39 is 0 Å². The van der Waals surface area contributed by atoms with E-state index in [1.165, 1.54) is 10.9 Å². The second-order valence-electron chi connectivity index (χ2n) is 6.54. The average molecular weight is 320 g/mol. The van der Waals surface area contributed by atoms with Crippen LogP contribution in [0.2, 0.25) is 0 Å². The van der Waals surface area contributed by atoms with Crippen LogP contribution >= 0.6 is 0 Å². The SMILES string of the molecule is Cn1cc(C(=O)N2CCC(Cc3ccc4ncccc4c3)C2)cn1. The zero-order chi connectivity index (χ0) is 16.5. The third kappa shape index (κ3) is 2.89. The summed E-state index contributed by atoms with van der Waals surface area (Å²) in [7, 11) is 1.83. The van der Waals surface area contributed by atoms with Gasteiger partial charge in [-0.25, -0.2) is 0 Å². The van der Waals surface area contributed by atoms with Crippen molar-refractivity contribution >= 4 is 16.8 Å². The quantitative estimate of drug-likeness (QED) is 0.745. The number of hydrogen-bond acceptors (Lipinski definition) is 3. The fourth-order valence-electron chi connectivity index (χ4n) is 3.48. The van der Waals surface area contributed by atoms with Gasteiger partial charge < -0.3 is 4.90 Å². The average Bonchev–Trinajstić information content (AvgIpc) is 3.23. The Hall–Kier alpha value is -2.69. The van der Waals surface area contributed by atoms with Crippen molar-refractivity contribution in [3.63, 3.8) is 0 Å². The van der Waals surface area contributed by atoms with Crippen LogP contribution in [0, 0.1) is 5.92 Å². The van der Waals surface area contributed by atoms with Gasteiger partial charge in [0.2, 0.25) is 0 Å². The van der Waals surface area contributed by atoms with E-state index in [4.69, 9.17) is 0 Å². The second kappa shape index (κ2) is 6.07. The van der Waals surface area contributed by atoms with Gasteiger partial charge in [0.15, 0.2) is 0 Å². The lowest BCUT2D eigenvalue weighted by atomic mass is 9.97. The predicted molar refractivity (Wildman–Crippen MR) is 92.7 cm³/mol. The zero-order valence-electron chi connectivity index (χ0n) is 13.7. The molecule has 1 fully saturated rings. The molecule has 0 saturated carbocycles. The number of likely N-dealkylation sites (tertiary alicyclic amines) is 1. The number of aryl methyl sites for hydroxylation is 1. The fourth-order valence-corrected chi connectivity index (χ4v) is 3.48. The number of benzene rings is 1. The maximum absolute atomic E-state index is 12.5. The van der Waals surface area contributed by atoms with Crippen molar-refractivity contribution in [1.29, 1.82) is 0 Å². The molecule has 1 aromatic carbocycles. The Kier molecular flexibility index (Phi) is 3.76. The summed E-state index contributed by atoms with van der Waals surface area (Å²) in [5.74, 6) is 0.605. The summed E-state index contributed by atoms with van der Waals surface area (Å²) < 4.78 is 1.67. The summed E-state index contributed by atoms with van der Waals surface area (Å²) in [5.41, 5.74) is 3.02. The van der Waals surface area contributed by atoms with E-state index >= 15 is 0 Å². The summed E-state index contributed by atoms with van der Waals surface area (Å²) in [6, 6.07) is 10.5. The van der Waals surface area contributed by atoms with E-state index in [2.05, 4.69) is 34.3 Å².